The van der Waals surface area contributed by atoms with E-state index in [9.17, 15) is 9.90 Å². The first-order chi connectivity index (χ1) is 6.74. The Labute approximate surface area is 79.9 Å². The zero-order chi connectivity index (χ0) is 10.1. The predicted molar refractivity (Wildman–Crippen MR) is 52.4 cm³/mol. The minimum absolute atomic E-state index is 0.0297. The van der Waals surface area contributed by atoms with Crippen molar-refractivity contribution < 1.29 is 9.94 Å². The monoisotopic (exact) mass is 191 g/mol. The molecule has 0 atom stereocenters. The molecule has 1 heterocycles. The second-order valence-corrected chi connectivity index (χ2v) is 2.87. The van der Waals surface area contributed by atoms with Gasteiger partial charge in [-0.3, -0.25) is 4.79 Å². The van der Waals surface area contributed by atoms with Gasteiger partial charge >= 0.3 is 0 Å². The molecule has 0 aliphatic heterocycles. The van der Waals surface area contributed by atoms with Crippen LogP contribution in [0.4, 0.5) is 0 Å². The lowest BCUT2D eigenvalue weighted by Gasteiger charge is -2.06. The fourth-order valence-electron chi connectivity index (χ4n) is 1.39. The van der Waals surface area contributed by atoms with E-state index in [2.05, 4.69) is 0 Å². The lowest BCUT2D eigenvalue weighted by Crippen LogP contribution is -2.23. The number of aromatic hydroxyl groups is 1. The number of aromatic nitrogens is 1. The van der Waals surface area contributed by atoms with Crippen molar-refractivity contribution in [3.63, 3.8) is 0 Å². The molecule has 0 saturated heterocycles. The molecule has 0 fully saturated rings. The van der Waals surface area contributed by atoms with E-state index >= 15 is 0 Å². The third-order valence-electron chi connectivity index (χ3n) is 2.07. The van der Waals surface area contributed by atoms with Gasteiger partial charge in [0, 0.05) is 5.39 Å². The van der Waals surface area contributed by atoms with Gasteiger partial charge in [0.1, 0.15) is 12.9 Å². The third kappa shape index (κ3) is 1.12. The highest BCUT2D eigenvalue weighted by Crippen LogP contribution is 2.20. The SMILES string of the molecule is COn1cc(O)c2ccccc2c1=O. The van der Waals surface area contributed by atoms with E-state index in [1.807, 2.05) is 0 Å². The van der Waals surface area contributed by atoms with Gasteiger partial charge < -0.3 is 9.94 Å². The molecule has 2 aromatic rings. The van der Waals surface area contributed by atoms with Gasteiger partial charge in [0.25, 0.3) is 5.56 Å². The number of benzene rings is 1. The first-order valence-electron chi connectivity index (χ1n) is 4.12. The van der Waals surface area contributed by atoms with Crippen LogP contribution in [0.3, 0.4) is 0 Å². The Morgan fingerprint density at radius 3 is 2.57 bits per heavy atom. The molecule has 1 N–H and O–H groups in total. The lowest BCUT2D eigenvalue weighted by molar-refractivity contribution is 0.156. The summed E-state index contributed by atoms with van der Waals surface area (Å²) in [6.07, 6.45) is 1.25. The predicted octanol–water partition coefficient (Wildman–Crippen LogP) is 0.765. The number of hydrogen-bond acceptors (Lipinski definition) is 3. The highest BCUT2D eigenvalue weighted by atomic mass is 16.6. The van der Waals surface area contributed by atoms with E-state index < -0.39 is 0 Å². The van der Waals surface area contributed by atoms with Crippen LogP contribution in [0.5, 0.6) is 5.75 Å². The van der Waals surface area contributed by atoms with Crippen LogP contribution in [0.25, 0.3) is 10.8 Å². The summed E-state index contributed by atoms with van der Waals surface area (Å²) in [5.74, 6) is 0.0297. The molecular formula is C10H9NO3. The number of rotatable bonds is 1. The zero-order valence-corrected chi connectivity index (χ0v) is 7.60. The number of pyridine rings is 1. The largest absolute Gasteiger partial charge is 0.506 e. The number of hydrogen-bond donors (Lipinski definition) is 1. The Kier molecular flexibility index (Phi) is 1.89. The average Bonchev–Trinajstić information content (AvgIpc) is 2.23. The van der Waals surface area contributed by atoms with Gasteiger partial charge in [-0.1, -0.05) is 18.2 Å². The van der Waals surface area contributed by atoms with Crippen molar-refractivity contribution in [1.29, 1.82) is 0 Å². The second kappa shape index (κ2) is 3.06. The van der Waals surface area contributed by atoms with E-state index in [4.69, 9.17) is 4.84 Å². The van der Waals surface area contributed by atoms with Crippen molar-refractivity contribution in [2.75, 3.05) is 7.11 Å². The second-order valence-electron chi connectivity index (χ2n) is 2.87. The molecule has 1 aromatic heterocycles. The molecule has 14 heavy (non-hydrogen) atoms. The summed E-state index contributed by atoms with van der Waals surface area (Å²) in [5.41, 5.74) is -0.277. The van der Waals surface area contributed by atoms with E-state index in [1.54, 1.807) is 24.3 Å². The van der Waals surface area contributed by atoms with Gasteiger partial charge in [-0.05, 0) is 6.07 Å². The molecule has 4 heteroatoms. The Hall–Kier alpha value is -1.97. The topological polar surface area (TPSA) is 51.5 Å². The summed E-state index contributed by atoms with van der Waals surface area (Å²) >= 11 is 0. The highest BCUT2D eigenvalue weighted by Gasteiger charge is 2.06. The maximum Gasteiger partial charge on any atom is 0.291 e. The van der Waals surface area contributed by atoms with Crippen molar-refractivity contribution in [3.8, 4) is 5.75 Å². The Bertz CT molecular complexity index is 530. The fourth-order valence-corrected chi connectivity index (χ4v) is 1.39. The molecule has 0 radical (unpaired) electrons. The number of fused-ring (bicyclic) bond motifs is 1. The molecule has 0 aliphatic carbocycles. The number of nitrogens with zero attached hydrogens (tertiary/aromatic N) is 1. The van der Waals surface area contributed by atoms with E-state index in [0.717, 1.165) is 4.73 Å². The van der Waals surface area contributed by atoms with Gasteiger partial charge in [0.05, 0.1) is 11.6 Å². The van der Waals surface area contributed by atoms with Gasteiger partial charge in [-0.2, -0.15) is 0 Å². The van der Waals surface area contributed by atoms with Crippen LogP contribution in [-0.4, -0.2) is 16.9 Å². The summed E-state index contributed by atoms with van der Waals surface area (Å²) < 4.78 is 0.998. The Balaban J connectivity index is 2.95. The highest BCUT2D eigenvalue weighted by molar-refractivity contribution is 5.86. The van der Waals surface area contributed by atoms with Crippen LogP contribution in [0.2, 0.25) is 0 Å². The van der Waals surface area contributed by atoms with Crippen LogP contribution >= 0.6 is 0 Å². The average molecular weight is 191 g/mol. The molecule has 1 aromatic carbocycles. The van der Waals surface area contributed by atoms with Crippen molar-refractivity contribution in [2.45, 2.75) is 0 Å². The van der Waals surface area contributed by atoms with Crippen molar-refractivity contribution in [2.24, 2.45) is 0 Å². The lowest BCUT2D eigenvalue weighted by atomic mass is 10.2. The summed E-state index contributed by atoms with van der Waals surface area (Å²) in [4.78, 5) is 16.4. The molecule has 0 unspecified atom stereocenters. The van der Waals surface area contributed by atoms with Crippen LogP contribution in [-0.2, 0) is 0 Å². The third-order valence-corrected chi connectivity index (χ3v) is 2.07. The Morgan fingerprint density at radius 2 is 1.93 bits per heavy atom. The zero-order valence-electron chi connectivity index (χ0n) is 7.60. The maximum absolute atomic E-state index is 11.6. The minimum Gasteiger partial charge on any atom is -0.506 e. The Morgan fingerprint density at radius 1 is 1.29 bits per heavy atom. The molecular weight excluding hydrogens is 182 g/mol. The van der Waals surface area contributed by atoms with Crippen molar-refractivity contribution in [1.82, 2.24) is 4.73 Å². The first-order valence-corrected chi connectivity index (χ1v) is 4.12. The maximum atomic E-state index is 11.6. The smallest absolute Gasteiger partial charge is 0.291 e. The molecule has 0 bridgehead atoms. The standard InChI is InChI=1S/C10H9NO3/c1-14-11-6-9(12)7-4-2-3-5-8(7)10(11)13/h2-6,12H,1H3. The minimum atomic E-state index is -0.277. The van der Waals surface area contributed by atoms with Gasteiger partial charge in [0.15, 0.2) is 0 Å². The molecule has 72 valence electrons. The van der Waals surface area contributed by atoms with Crippen LogP contribution < -0.4 is 10.4 Å². The summed E-state index contributed by atoms with van der Waals surface area (Å²) in [6, 6.07) is 6.83. The normalized spacial score (nSPS) is 10.4. The van der Waals surface area contributed by atoms with Gasteiger partial charge in [-0.15, -0.1) is 4.73 Å². The van der Waals surface area contributed by atoms with E-state index in [1.165, 1.54) is 13.3 Å². The summed E-state index contributed by atoms with van der Waals surface area (Å²) in [5, 5.41) is 10.5. The van der Waals surface area contributed by atoms with E-state index in [-0.39, 0.29) is 11.3 Å². The molecule has 0 aliphatic rings. The first kappa shape index (κ1) is 8.62. The van der Waals surface area contributed by atoms with Crippen molar-refractivity contribution >= 4 is 10.8 Å². The quantitative estimate of drug-likeness (QED) is 0.724. The van der Waals surface area contributed by atoms with E-state index in [0.29, 0.717) is 10.8 Å². The molecule has 4 nitrogen and oxygen atoms in total. The van der Waals surface area contributed by atoms with Crippen LogP contribution in [0.15, 0.2) is 35.3 Å². The van der Waals surface area contributed by atoms with Crippen LogP contribution in [0.1, 0.15) is 0 Å². The molecule has 2 rings (SSSR count). The van der Waals surface area contributed by atoms with Crippen LogP contribution in [0, 0.1) is 0 Å². The summed E-state index contributed by atoms with van der Waals surface area (Å²) in [6.45, 7) is 0. The summed E-state index contributed by atoms with van der Waals surface area (Å²) in [7, 11) is 1.37. The molecule has 0 amide bonds. The molecule has 0 spiro atoms. The van der Waals surface area contributed by atoms with Gasteiger partial charge in [-0.25, -0.2) is 0 Å². The van der Waals surface area contributed by atoms with Crippen molar-refractivity contribution in [3.05, 3.63) is 40.8 Å². The molecule has 0 saturated carbocycles. The fraction of sp³-hybridized carbons (Fsp3) is 0.100. The van der Waals surface area contributed by atoms with Gasteiger partial charge in [0.2, 0.25) is 0 Å².